The predicted molar refractivity (Wildman–Crippen MR) is 55.7 cm³/mol. The molecule has 14 heavy (non-hydrogen) atoms. The van der Waals surface area contributed by atoms with E-state index in [1.54, 1.807) is 0 Å². The first-order chi connectivity index (χ1) is 6.65. The van der Waals surface area contributed by atoms with Crippen LogP contribution in [-0.4, -0.2) is 4.83 Å². The Kier molecular flexibility index (Phi) is 2.86. The molecular weight excluding hydrogens is 250 g/mol. The largest absolute Gasteiger partial charge is 0.207 e. The number of hydrogen-bond acceptors (Lipinski definition) is 0. The second-order valence-corrected chi connectivity index (χ2v) is 5.11. The lowest BCUT2D eigenvalue weighted by molar-refractivity contribution is 0.573. The molecule has 0 radical (unpaired) electrons. The van der Waals surface area contributed by atoms with Gasteiger partial charge in [0.1, 0.15) is 11.6 Å². The van der Waals surface area contributed by atoms with E-state index in [-0.39, 0.29) is 0 Å². The van der Waals surface area contributed by atoms with E-state index in [1.165, 1.54) is 12.1 Å². The number of hydrogen-bond donors (Lipinski definition) is 0. The molecule has 1 aliphatic rings. The third kappa shape index (κ3) is 2.14. The highest BCUT2D eigenvalue weighted by atomic mass is 79.9. The van der Waals surface area contributed by atoms with Crippen molar-refractivity contribution in [3.63, 3.8) is 0 Å². The van der Waals surface area contributed by atoms with Crippen molar-refractivity contribution in [2.45, 2.75) is 30.0 Å². The van der Waals surface area contributed by atoms with Crippen molar-refractivity contribution >= 4 is 15.9 Å². The standard InChI is InChI=1S/C11H11BrF2/c12-9-2-1-7(3-9)8-4-10(13)6-11(14)5-8/h4-7,9H,1-3H2/t7-,9-/m0/s1. The van der Waals surface area contributed by atoms with Crippen LogP contribution in [0, 0.1) is 11.6 Å². The highest BCUT2D eigenvalue weighted by Crippen LogP contribution is 2.38. The summed E-state index contributed by atoms with van der Waals surface area (Å²) in [7, 11) is 0. The lowest BCUT2D eigenvalue weighted by Gasteiger charge is -2.09. The van der Waals surface area contributed by atoms with Gasteiger partial charge in [0, 0.05) is 10.9 Å². The first-order valence-electron chi connectivity index (χ1n) is 4.75. The molecule has 0 bridgehead atoms. The van der Waals surface area contributed by atoms with Gasteiger partial charge in [-0.1, -0.05) is 15.9 Å². The fraction of sp³-hybridized carbons (Fsp3) is 0.455. The van der Waals surface area contributed by atoms with Crippen LogP contribution in [0.25, 0.3) is 0 Å². The third-order valence-electron chi connectivity index (χ3n) is 2.72. The highest BCUT2D eigenvalue weighted by Gasteiger charge is 2.24. The molecule has 2 atom stereocenters. The Bertz CT molecular complexity index is 318. The molecule has 1 aliphatic carbocycles. The van der Waals surface area contributed by atoms with Crippen LogP contribution < -0.4 is 0 Å². The second kappa shape index (κ2) is 3.97. The Morgan fingerprint density at radius 3 is 2.21 bits per heavy atom. The summed E-state index contributed by atoms with van der Waals surface area (Å²) in [4.78, 5) is 0.499. The lowest BCUT2D eigenvalue weighted by atomic mass is 9.98. The SMILES string of the molecule is Fc1cc(F)cc([C@H]2CC[C@H](Br)C2)c1. The lowest BCUT2D eigenvalue weighted by Crippen LogP contribution is -1.96. The molecule has 1 saturated carbocycles. The van der Waals surface area contributed by atoms with Gasteiger partial charge in [-0.3, -0.25) is 0 Å². The van der Waals surface area contributed by atoms with Crippen LogP contribution in [0.3, 0.4) is 0 Å². The summed E-state index contributed by atoms with van der Waals surface area (Å²) in [5, 5.41) is 0. The fourth-order valence-corrected chi connectivity index (χ4v) is 2.76. The molecule has 0 saturated heterocycles. The molecule has 0 aromatic heterocycles. The summed E-state index contributed by atoms with van der Waals surface area (Å²) in [5.74, 6) is -0.638. The molecule has 1 fully saturated rings. The van der Waals surface area contributed by atoms with Crippen LogP contribution in [0.2, 0.25) is 0 Å². The maximum absolute atomic E-state index is 12.9. The Hall–Kier alpha value is -0.440. The van der Waals surface area contributed by atoms with Crippen LogP contribution in [0.4, 0.5) is 8.78 Å². The minimum absolute atomic E-state index is 0.310. The molecule has 0 aliphatic heterocycles. The van der Waals surface area contributed by atoms with Crippen molar-refractivity contribution in [3.8, 4) is 0 Å². The Morgan fingerprint density at radius 1 is 1.07 bits per heavy atom. The zero-order valence-electron chi connectivity index (χ0n) is 7.64. The van der Waals surface area contributed by atoms with E-state index in [2.05, 4.69) is 15.9 Å². The van der Waals surface area contributed by atoms with Gasteiger partial charge in [-0.2, -0.15) is 0 Å². The molecule has 0 amide bonds. The first kappa shape index (κ1) is 10.1. The van der Waals surface area contributed by atoms with Gasteiger partial charge in [0.15, 0.2) is 0 Å². The van der Waals surface area contributed by atoms with Gasteiger partial charge in [-0.25, -0.2) is 8.78 Å². The molecule has 2 rings (SSSR count). The van der Waals surface area contributed by atoms with Gasteiger partial charge in [-0.15, -0.1) is 0 Å². The van der Waals surface area contributed by atoms with Crippen molar-refractivity contribution in [2.75, 3.05) is 0 Å². The molecule has 3 heteroatoms. The smallest absolute Gasteiger partial charge is 0.126 e. The minimum Gasteiger partial charge on any atom is -0.207 e. The zero-order valence-corrected chi connectivity index (χ0v) is 9.23. The molecule has 76 valence electrons. The first-order valence-corrected chi connectivity index (χ1v) is 5.67. The van der Waals surface area contributed by atoms with Gasteiger partial charge < -0.3 is 0 Å². The summed E-state index contributed by atoms with van der Waals surface area (Å²) >= 11 is 3.53. The summed E-state index contributed by atoms with van der Waals surface area (Å²) < 4.78 is 25.9. The van der Waals surface area contributed by atoms with Crippen molar-refractivity contribution in [3.05, 3.63) is 35.4 Å². The monoisotopic (exact) mass is 260 g/mol. The van der Waals surface area contributed by atoms with Gasteiger partial charge in [0.25, 0.3) is 0 Å². The third-order valence-corrected chi connectivity index (χ3v) is 3.56. The summed E-state index contributed by atoms with van der Waals surface area (Å²) in [5.41, 5.74) is 0.796. The predicted octanol–water partition coefficient (Wildman–Crippen LogP) is 4.00. The molecule has 1 aromatic rings. The van der Waals surface area contributed by atoms with Crippen molar-refractivity contribution < 1.29 is 8.78 Å². The fourth-order valence-electron chi connectivity index (χ4n) is 2.04. The van der Waals surface area contributed by atoms with Crippen molar-refractivity contribution in [1.82, 2.24) is 0 Å². The van der Waals surface area contributed by atoms with Crippen LogP contribution >= 0.6 is 15.9 Å². The molecule has 0 spiro atoms. The van der Waals surface area contributed by atoms with Crippen LogP contribution in [-0.2, 0) is 0 Å². The van der Waals surface area contributed by atoms with E-state index in [9.17, 15) is 8.78 Å². The maximum atomic E-state index is 12.9. The Balaban J connectivity index is 2.23. The summed E-state index contributed by atoms with van der Waals surface area (Å²) in [6, 6.07) is 3.81. The second-order valence-electron chi connectivity index (χ2n) is 3.81. The van der Waals surface area contributed by atoms with Gasteiger partial charge >= 0.3 is 0 Å². The van der Waals surface area contributed by atoms with Gasteiger partial charge in [-0.05, 0) is 42.9 Å². The van der Waals surface area contributed by atoms with E-state index >= 15 is 0 Å². The normalized spacial score (nSPS) is 26.8. The molecular formula is C11H11BrF2. The van der Waals surface area contributed by atoms with E-state index in [0.717, 1.165) is 30.9 Å². The highest BCUT2D eigenvalue weighted by molar-refractivity contribution is 9.09. The van der Waals surface area contributed by atoms with Crippen LogP contribution in [0.5, 0.6) is 0 Å². The molecule has 1 aromatic carbocycles. The van der Waals surface area contributed by atoms with E-state index in [4.69, 9.17) is 0 Å². The summed E-state index contributed by atoms with van der Waals surface area (Å²) in [6.45, 7) is 0. The number of alkyl halides is 1. The van der Waals surface area contributed by atoms with E-state index in [0.29, 0.717) is 10.7 Å². The zero-order chi connectivity index (χ0) is 10.1. The molecule has 0 N–H and O–H groups in total. The average Bonchev–Trinajstić information content (AvgIpc) is 2.50. The Labute approximate surface area is 90.4 Å². The van der Waals surface area contributed by atoms with Crippen molar-refractivity contribution in [1.29, 1.82) is 0 Å². The molecule has 0 heterocycles. The minimum atomic E-state index is -0.474. The average molecular weight is 261 g/mol. The van der Waals surface area contributed by atoms with Crippen LogP contribution in [0.1, 0.15) is 30.7 Å². The summed E-state index contributed by atoms with van der Waals surface area (Å²) in [6.07, 6.45) is 3.07. The number of halogens is 3. The van der Waals surface area contributed by atoms with Crippen LogP contribution in [0.15, 0.2) is 18.2 Å². The van der Waals surface area contributed by atoms with Gasteiger partial charge in [0.2, 0.25) is 0 Å². The number of rotatable bonds is 1. The van der Waals surface area contributed by atoms with E-state index < -0.39 is 11.6 Å². The topological polar surface area (TPSA) is 0 Å². The molecule has 0 unspecified atom stereocenters. The van der Waals surface area contributed by atoms with Crippen molar-refractivity contribution in [2.24, 2.45) is 0 Å². The Morgan fingerprint density at radius 2 is 1.71 bits per heavy atom. The number of benzene rings is 1. The maximum Gasteiger partial charge on any atom is 0.126 e. The van der Waals surface area contributed by atoms with E-state index in [1.807, 2.05) is 0 Å². The van der Waals surface area contributed by atoms with Gasteiger partial charge in [0.05, 0.1) is 0 Å². The quantitative estimate of drug-likeness (QED) is 0.670. The molecule has 0 nitrogen and oxygen atoms in total.